The Balaban J connectivity index is 0.00000176. The molecule has 1 unspecified atom stereocenters. The number of fused-ring (bicyclic) bond motifs is 3. The molecule has 2 heterocycles. The standard InChI is InChI=1S/C21H19ClFNO4S2.C2H6/c1-3-5-14(6-4-10-22)29-21-18-16(30(2,27)28)8-7-15(23)20(18)24-11-9-13(19(21)24)12-17(25)26;1-2/h1,4-8,13H,9-12H2,2H3,(H,25,26);1-2H3/b6-4-,14-5+;. The zero-order chi connectivity index (χ0) is 24.1. The van der Waals surface area contributed by atoms with E-state index in [4.69, 9.17) is 18.0 Å². The van der Waals surface area contributed by atoms with Crippen LogP contribution in [-0.2, 0) is 21.2 Å². The maximum absolute atomic E-state index is 14.9. The molecule has 9 heteroatoms. The first kappa shape index (κ1) is 26.0. The molecule has 0 saturated carbocycles. The second-order valence-corrected chi connectivity index (χ2v) is 10.2. The Morgan fingerprint density at radius 1 is 1.44 bits per heavy atom. The summed E-state index contributed by atoms with van der Waals surface area (Å²) in [5.41, 5.74) is 0.791. The van der Waals surface area contributed by atoms with Crippen LogP contribution in [0, 0.1) is 18.2 Å². The molecule has 1 N–H and O–H groups in total. The number of terminal acetylenes is 1. The van der Waals surface area contributed by atoms with E-state index in [1.165, 1.54) is 23.9 Å². The molecular formula is C23H25ClFNO4S2. The Morgan fingerprint density at radius 2 is 2.12 bits per heavy atom. The number of aliphatic carboxylic acids is 1. The number of carboxylic acids is 1. The van der Waals surface area contributed by atoms with Gasteiger partial charge in [0.2, 0.25) is 0 Å². The van der Waals surface area contributed by atoms with Gasteiger partial charge >= 0.3 is 5.97 Å². The number of hydrogen-bond acceptors (Lipinski definition) is 4. The van der Waals surface area contributed by atoms with Gasteiger partial charge in [-0.2, -0.15) is 0 Å². The van der Waals surface area contributed by atoms with Crippen LogP contribution in [-0.4, -0.2) is 36.2 Å². The lowest BCUT2D eigenvalue weighted by atomic mass is 10.0. The summed E-state index contributed by atoms with van der Waals surface area (Å²) in [6.45, 7) is 4.40. The van der Waals surface area contributed by atoms with Crippen LogP contribution in [0.25, 0.3) is 10.9 Å². The fourth-order valence-corrected chi connectivity index (χ4v) is 6.01. The number of aromatic nitrogens is 1. The summed E-state index contributed by atoms with van der Waals surface area (Å²) in [6, 6.07) is 2.38. The molecule has 3 rings (SSSR count). The van der Waals surface area contributed by atoms with Crippen LogP contribution >= 0.6 is 23.4 Å². The average Bonchev–Trinajstić information content (AvgIpc) is 3.26. The number of nitrogens with zero attached hydrogens (tertiary/aromatic N) is 1. The molecule has 0 bridgehead atoms. The molecule has 5 nitrogen and oxygen atoms in total. The monoisotopic (exact) mass is 497 g/mol. The highest BCUT2D eigenvalue weighted by Crippen LogP contribution is 2.49. The molecule has 1 aliphatic rings. The van der Waals surface area contributed by atoms with Gasteiger partial charge in [0.05, 0.1) is 16.8 Å². The number of aryl methyl sites for hydroxylation is 1. The van der Waals surface area contributed by atoms with Crippen molar-refractivity contribution >= 4 is 50.1 Å². The summed E-state index contributed by atoms with van der Waals surface area (Å²) in [4.78, 5) is 12.5. The van der Waals surface area contributed by atoms with E-state index >= 15 is 0 Å². The second-order valence-electron chi connectivity index (χ2n) is 6.86. The van der Waals surface area contributed by atoms with E-state index in [0.717, 1.165) is 12.3 Å². The quantitative estimate of drug-likeness (QED) is 0.178. The average molecular weight is 498 g/mol. The van der Waals surface area contributed by atoms with Crippen molar-refractivity contribution in [3.05, 3.63) is 46.8 Å². The van der Waals surface area contributed by atoms with E-state index in [0.29, 0.717) is 28.5 Å². The number of carbonyl (C=O) groups is 1. The summed E-state index contributed by atoms with van der Waals surface area (Å²) in [7, 11) is -3.67. The van der Waals surface area contributed by atoms with Gasteiger partial charge in [0.1, 0.15) is 5.82 Å². The summed E-state index contributed by atoms with van der Waals surface area (Å²) >= 11 is 6.92. The number of halogens is 2. The van der Waals surface area contributed by atoms with Crippen LogP contribution in [0.2, 0.25) is 0 Å². The molecule has 0 fully saturated rings. The van der Waals surface area contributed by atoms with E-state index in [9.17, 15) is 22.7 Å². The van der Waals surface area contributed by atoms with Crippen LogP contribution < -0.4 is 0 Å². The predicted molar refractivity (Wildman–Crippen MR) is 129 cm³/mol. The van der Waals surface area contributed by atoms with E-state index in [-0.39, 0.29) is 34.0 Å². The van der Waals surface area contributed by atoms with Crippen molar-refractivity contribution in [3.8, 4) is 12.3 Å². The minimum Gasteiger partial charge on any atom is -0.481 e. The van der Waals surface area contributed by atoms with E-state index < -0.39 is 21.6 Å². The van der Waals surface area contributed by atoms with Gasteiger partial charge in [-0.25, -0.2) is 12.8 Å². The largest absolute Gasteiger partial charge is 0.481 e. The number of allylic oxidation sites excluding steroid dienone is 3. The van der Waals surface area contributed by atoms with Gasteiger partial charge in [-0.3, -0.25) is 4.79 Å². The molecule has 172 valence electrons. The highest BCUT2D eigenvalue weighted by atomic mass is 35.5. The first-order valence-corrected chi connectivity index (χ1v) is 13.3. The van der Waals surface area contributed by atoms with Crippen molar-refractivity contribution in [2.75, 3.05) is 12.1 Å². The molecule has 1 aromatic heterocycles. The Kier molecular flexibility index (Phi) is 9.02. The third-order valence-electron chi connectivity index (χ3n) is 4.84. The number of rotatable bonds is 7. The van der Waals surface area contributed by atoms with E-state index in [1.54, 1.807) is 16.7 Å². The van der Waals surface area contributed by atoms with Crippen molar-refractivity contribution in [1.82, 2.24) is 4.57 Å². The predicted octanol–water partition coefficient (Wildman–Crippen LogP) is 5.58. The lowest BCUT2D eigenvalue weighted by molar-refractivity contribution is -0.137. The highest BCUT2D eigenvalue weighted by Gasteiger charge is 2.34. The number of alkyl halides is 1. The van der Waals surface area contributed by atoms with E-state index in [2.05, 4.69) is 5.92 Å². The molecule has 0 saturated heterocycles. The maximum Gasteiger partial charge on any atom is 0.304 e. The van der Waals surface area contributed by atoms with Crippen molar-refractivity contribution in [2.45, 2.75) is 48.9 Å². The van der Waals surface area contributed by atoms with Crippen LogP contribution in [0.1, 0.15) is 38.3 Å². The molecular weight excluding hydrogens is 473 g/mol. The highest BCUT2D eigenvalue weighted by molar-refractivity contribution is 8.03. The smallest absolute Gasteiger partial charge is 0.304 e. The van der Waals surface area contributed by atoms with Crippen LogP contribution in [0.15, 0.2) is 45.1 Å². The molecule has 2 aromatic rings. The number of carboxylic acid groups (broad SMARTS) is 1. The maximum atomic E-state index is 14.9. The summed E-state index contributed by atoms with van der Waals surface area (Å²) < 4.78 is 41.5. The van der Waals surface area contributed by atoms with E-state index in [1.807, 2.05) is 13.8 Å². The molecule has 32 heavy (non-hydrogen) atoms. The van der Waals surface area contributed by atoms with Gasteiger partial charge < -0.3 is 9.67 Å². The first-order chi connectivity index (χ1) is 15.2. The molecule has 0 aliphatic carbocycles. The lowest BCUT2D eigenvalue weighted by Gasteiger charge is -2.11. The van der Waals surface area contributed by atoms with Crippen molar-refractivity contribution in [3.63, 3.8) is 0 Å². The Bertz CT molecular complexity index is 1220. The molecule has 1 aliphatic heterocycles. The van der Waals surface area contributed by atoms with Gasteiger partial charge in [-0.05, 0) is 18.6 Å². The third-order valence-corrected chi connectivity index (χ3v) is 7.26. The van der Waals surface area contributed by atoms with Crippen molar-refractivity contribution in [1.29, 1.82) is 0 Å². The fourth-order valence-electron chi connectivity index (χ4n) is 3.76. The van der Waals surface area contributed by atoms with Gasteiger partial charge in [0.15, 0.2) is 9.84 Å². The summed E-state index contributed by atoms with van der Waals surface area (Å²) in [5, 5.41) is 9.60. The normalized spacial score (nSPS) is 16.0. The third kappa shape index (κ3) is 5.40. The van der Waals surface area contributed by atoms with Crippen LogP contribution in [0.5, 0.6) is 0 Å². The Hall–Kier alpha value is -2.21. The molecule has 1 atom stereocenters. The molecule has 0 spiro atoms. The Morgan fingerprint density at radius 3 is 2.69 bits per heavy atom. The fraction of sp³-hybridized carbons (Fsp3) is 0.348. The van der Waals surface area contributed by atoms with Crippen molar-refractivity contribution < 1.29 is 22.7 Å². The Labute approximate surface area is 197 Å². The van der Waals surface area contributed by atoms with Crippen LogP contribution in [0.4, 0.5) is 4.39 Å². The molecule has 0 radical (unpaired) electrons. The second kappa shape index (κ2) is 11.1. The van der Waals surface area contributed by atoms with Gasteiger partial charge in [-0.15, -0.1) is 18.0 Å². The number of sulfone groups is 1. The number of thioether (sulfide) groups is 1. The lowest BCUT2D eigenvalue weighted by Crippen LogP contribution is -2.04. The van der Waals surface area contributed by atoms with Gasteiger partial charge in [-0.1, -0.05) is 43.7 Å². The van der Waals surface area contributed by atoms with Gasteiger partial charge in [0.25, 0.3) is 0 Å². The molecule has 1 aromatic carbocycles. The SMILES string of the molecule is C#C/C=C(\C=C/CCl)Sc1c2n(c3c(F)ccc(S(C)(=O)=O)c13)CCC2CC(=O)O.CC. The topological polar surface area (TPSA) is 76.4 Å². The minimum absolute atomic E-state index is 0.00115. The minimum atomic E-state index is -3.67. The summed E-state index contributed by atoms with van der Waals surface area (Å²) in [6.07, 6.45) is 11.8. The molecule has 0 amide bonds. The number of benzene rings is 1. The van der Waals surface area contributed by atoms with Crippen molar-refractivity contribution in [2.24, 2.45) is 0 Å². The zero-order valence-corrected chi connectivity index (χ0v) is 20.5. The van der Waals surface area contributed by atoms with Crippen LogP contribution in [0.3, 0.4) is 0 Å². The summed E-state index contributed by atoms with van der Waals surface area (Å²) in [5.74, 6) is 0.791. The zero-order valence-electron chi connectivity index (χ0n) is 18.1. The number of hydrogen-bond donors (Lipinski definition) is 1. The first-order valence-electron chi connectivity index (χ1n) is 10.0. The van der Waals surface area contributed by atoms with Gasteiger partial charge in [0, 0.05) is 51.6 Å².